The average Bonchev–Trinajstić information content (AvgIpc) is 1.99. The molecule has 68 valence electrons. The number of hydrogen-bond acceptors (Lipinski definition) is 3. The van der Waals surface area contributed by atoms with E-state index in [1.54, 1.807) is 0 Å². The second-order valence-electron chi connectivity index (χ2n) is 2.70. The smallest absolute Gasteiger partial charge is 0.0438 e. The minimum atomic E-state index is 0.302. The maximum absolute atomic E-state index is 8.49. The van der Waals surface area contributed by atoms with Gasteiger partial charge in [-0.05, 0) is 18.6 Å². The molecule has 1 unspecified atom stereocenters. The normalized spacial score (nSPS) is 13.4. The highest BCUT2D eigenvalue weighted by molar-refractivity contribution is 7.99. The van der Waals surface area contributed by atoms with Crippen molar-refractivity contribution in [3.8, 4) is 0 Å². The predicted octanol–water partition coefficient (Wildman–Crippen LogP) is 1.23. The zero-order valence-corrected chi connectivity index (χ0v) is 8.07. The van der Waals surface area contributed by atoms with Crippen molar-refractivity contribution in [2.45, 2.75) is 32.2 Å². The highest BCUT2D eigenvalue weighted by Crippen LogP contribution is 2.06. The van der Waals surface area contributed by atoms with E-state index < -0.39 is 0 Å². The predicted molar refractivity (Wildman–Crippen MR) is 51.9 cm³/mol. The fourth-order valence-electron chi connectivity index (χ4n) is 0.855. The number of hydrogen-bond donors (Lipinski definition) is 2. The van der Waals surface area contributed by atoms with Gasteiger partial charge in [-0.1, -0.05) is 13.3 Å². The van der Waals surface area contributed by atoms with E-state index >= 15 is 0 Å². The van der Waals surface area contributed by atoms with E-state index in [-0.39, 0.29) is 0 Å². The van der Waals surface area contributed by atoms with Crippen LogP contribution in [0.3, 0.4) is 0 Å². The number of aliphatic hydroxyl groups is 1. The van der Waals surface area contributed by atoms with Gasteiger partial charge in [-0.15, -0.1) is 0 Å². The quantitative estimate of drug-likeness (QED) is 0.575. The first-order valence-corrected chi connectivity index (χ1v) is 5.41. The van der Waals surface area contributed by atoms with Gasteiger partial charge in [0.25, 0.3) is 0 Å². The van der Waals surface area contributed by atoms with Crippen molar-refractivity contribution in [2.24, 2.45) is 5.73 Å². The summed E-state index contributed by atoms with van der Waals surface area (Å²) in [4.78, 5) is 0. The molecule has 0 amide bonds. The summed E-state index contributed by atoms with van der Waals surface area (Å²) in [6, 6.07) is 0.351. The minimum Gasteiger partial charge on any atom is -0.396 e. The van der Waals surface area contributed by atoms with Gasteiger partial charge in [-0.25, -0.2) is 0 Å². The molecule has 0 aliphatic carbocycles. The summed E-state index contributed by atoms with van der Waals surface area (Å²) in [5.74, 6) is 2.07. The third-order valence-electron chi connectivity index (χ3n) is 1.44. The zero-order valence-electron chi connectivity index (χ0n) is 7.25. The first-order valence-electron chi connectivity index (χ1n) is 4.25. The molecule has 0 saturated heterocycles. The molecule has 3 heteroatoms. The van der Waals surface area contributed by atoms with E-state index in [1.165, 1.54) is 6.42 Å². The van der Waals surface area contributed by atoms with Crippen molar-refractivity contribution in [1.82, 2.24) is 0 Å². The number of rotatable bonds is 7. The third kappa shape index (κ3) is 8.17. The number of thioether (sulfide) groups is 1. The van der Waals surface area contributed by atoms with E-state index in [1.807, 2.05) is 11.8 Å². The van der Waals surface area contributed by atoms with E-state index in [2.05, 4.69) is 6.92 Å². The van der Waals surface area contributed by atoms with Gasteiger partial charge in [0.2, 0.25) is 0 Å². The second-order valence-corrected chi connectivity index (χ2v) is 3.85. The second kappa shape index (κ2) is 8.37. The highest BCUT2D eigenvalue weighted by Gasteiger charge is 1.99. The molecule has 2 nitrogen and oxygen atoms in total. The monoisotopic (exact) mass is 177 g/mol. The van der Waals surface area contributed by atoms with Crippen LogP contribution in [0.2, 0.25) is 0 Å². The van der Waals surface area contributed by atoms with Gasteiger partial charge in [0, 0.05) is 18.4 Å². The van der Waals surface area contributed by atoms with E-state index in [0.29, 0.717) is 12.6 Å². The van der Waals surface area contributed by atoms with Crippen LogP contribution >= 0.6 is 11.8 Å². The third-order valence-corrected chi connectivity index (χ3v) is 2.68. The Labute approximate surface area is 73.6 Å². The lowest BCUT2D eigenvalue weighted by atomic mass is 10.2. The standard InChI is InChI=1S/C8H19NOS/c1-2-4-8(9)7-11-6-3-5-10/h8,10H,2-7,9H2,1H3. The first-order chi connectivity index (χ1) is 5.31. The zero-order chi connectivity index (χ0) is 8.53. The van der Waals surface area contributed by atoms with E-state index in [9.17, 15) is 0 Å². The topological polar surface area (TPSA) is 46.2 Å². The van der Waals surface area contributed by atoms with Crippen LogP contribution in [0, 0.1) is 0 Å². The Morgan fingerprint density at radius 3 is 2.82 bits per heavy atom. The lowest BCUT2D eigenvalue weighted by Crippen LogP contribution is -2.22. The molecule has 1 atom stereocenters. The summed E-state index contributed by atoms with van der Waals surface area (Å²) >= 11 is 1.84. The van der Waals surface area contributed by atoms with Gasteiger partial charge in [0.05, 0.1) is 0 Å². The molecule has 0 fully saturated rings. The molecule has 0 aliphatic heterocycles. The molecule has 0 radical (unpaired) electrons. The van der Waals surface area contributed by atoms with Crippen LogP contribution < -0.4 is 5.73 Å². The maximum Gasteiger partial charge on any atom is 0.0438 e. The SMILES string of the molecule is CCCC(N)CSCCCO. The molecule has 0 aromatic heterocycles. The van der Waals surface area contributed by atoms with Crippen LogP contribution in [-0.2, 0) is 0 Å². The van der Waals surface area contributed by atoms with Gasteiger partial charge in [-0.2, -0.15) is 11.8 Å². The summed E-state index contributed by atoms with van der Waals surface area (Å²) in [5.41, 5.74) is 5.78. The van der Waals surface area contributed by atoms with Crippen molar-refractivity contribution in [1.29, 1.82) is 0 Å². The largest absolute Gasteiger partial charge is 0.396 e. The molecule has 0 heterocycles. The van der Waals surface area contributed by atoms with Gasteiger partial charge in [0.15, 0.2) is 0 Å². The van der Waals surface area contributed by atoms with Gasteiger partial charge in [-0.3, -0.25) is 0 Å². The molecule has 0 aromatic rings. The molecule has 0 saturated carbocycles. The van der Waals surface area contributed by atoms with Crippen LogP contribution in [0.25, 0.3) is 0 Å². The Morgan fingerprint density at radius 2 is 2.27 bits per heavy atom. The summed E-state index contributed by atoms with van der Waals surface area (Å²) in [7, 11) is 0. The van der Waals surface area contributed by atoms with Crippen LogP contribution in [0.15, 0.2) is 0 Å². The Balaban J connectivity index is 2.97. The average molecular weight is 177 g/mol. The fourth-order valence-corrected chi connectivity index (χ4v) is 1.82. The molecular weight excluding hydrogens is 158 g/mol. The lowest BCUT2D eigenvalue weighted by molar-refractivity contribution is 0.296. The summed E-state index contributed by atoms with van der Waals surface area (Å²) in [6.45, 7) is 2.45. The molecule has 0 bridgehead atoms. The van der Waals surface area contributed by atoms with Crippen molar-refractivity contribution in [3.63, 3.8) is 0 Å². The molecule has 3 N–H and O–H groups in total. The first kappa shape index (κ1) is 11.3. The van der Waals surface area contributed by atoms with Gasteiger partial charge in [0.1, 0.15) is 0 Å². The summed E-state index contributed by atoms with van der Waals surface area (Å²) in [5, 5.41) is 8.49. The Kier molecular flexibility index (Phi) is 8.57. The van der Waals surface area contributed by atoms with E-state index in [4.69, 9.17) is 10.8 Å². The summed E-state index contributed by atoms with van der Waals surface area (Å²) < 4.78 is 0. The highest BCUT2D eigenvalue weighted by atomic mass is 32.2. The summed E-state index contributed by atoms with van der Waals surface area (Å²) in [6.07, 6.45) is 3.18. The fraction of sp³-hybridized carbons (Fsp3) is 1.00. The lowest BCUT2D eigenvalue weighted by Gasteiger charge is -2.08. The van der Waals surface area contributed by atoms with Crippen LogP contribution in [0.4, 0.5) is 0 Å². The Bertz CT molecular complexity index is 80.5. The minimum absolute atomic E-state index is 0.302. The number of nitrogens with two attached hydrogens (primary N) is 1. The molecule has 0 aromatic carbocycles. The van der Waals surface area contributed by atoms with Crippen molar-refractivity contribution < 1.29 is 5.11 Å². The van der Waals surface area contributed by atoms with Crippen molar-refractivity contribution >= 4 is 11.8 Å². The van der Waals surface area contributed by atoms with Crippen LogP contribution in [-0.4, -0.2) is 29.3 Å². The molecular formula is C8H19NOS. The Morgan fingerprint density at radius 1 is 1.55 bits per heavy atom. The number of aliphatic hydroxyl groups excluding tert-OH is 1. The van der Waals surface area contributed by atoms with Crippen LogP contribution in [0.5, 0.6) is 0 Å². The Hall–Kier alpha value is 0.270. The molecule has 0 spiro atoms. The van der Waals surface area contributed by atoms with Gasteiger partial charge >= 0.3 is 0 Å². The van der Waals surface area contributed by atoms with Crippen molar-refractivity contribution in [2.75, 3.05) is 18.1 Å². The van der Waals surface area contributed by atoms with Crippen molar-refractivity contribution in [3.05, 3.63) is 0 Å². The van der Waals surface area contributed by atoms with Crippen LogP contribution in [0.1, 0.15) is 26.2 Å². The molecule has 0 aliphatic rings. The molecule has 11 heavy (non-hydrogen) atoms. The maximum atomic E-state index is 8.49. The van der Waals surface area contributed by atoms with Gasteiger partial charge < -0.3 is 10.8 Å². The molecule has 0 rings (SSSR count). The van der Waals surface area contributed by atoms with E-state index in [0.717, 1.165) is 24.3 Å².